The highest BCUT2D eigenvalue weighted by molar-refractivity contribution is 5.93. The molecule has 6 aromatic rings. The Balaban J connectivity index is 1.15. The summed E-state index contributed by atoms with van der Waals surface area (Å²) in [6.45, 7) is 4.76. The topological polar surface area (TPSA) is 38.7 Å². The Hall–Kier alpha value is -5.93. The molecule has 1 aromatic heterocycles. The molecule has 5 aromatic carbocycles. The molecule has 0 amide bonds. The van der Waals surface area contributed by atoms with Crippen molar-refractivity contribution in [2.24, 2.45) is 0 Å². The second-order valence-electron chi connectivity index (χ2n) is 13.9. The average Bonchev–Trinajstić information content (AvgIpc) is 3.30. The van der Waals surface area contributed by atoms with Crippen LogP contribution < -0.4 is 0 Å². The van der Waals surface area contributed by atoms with Crippen molar-refractivity contribution in [3.8, 4) is 45.0 Å². The van der Waals surface area contributed by atoms with Crippen LogP contribution in [0.15, 0.2) is 146 Å². The number of aromatic nitrogens is 3. The maximum absolute atomic E-state index is 5.03. The minimum absolute atomic E-state index is 0.0531. The number of hydrogen-bond donors (Lipinski definition) is 0. The molecule has 3 aliphatic carbocycles. The lowest BCUT2D eigenvalue weighted by molar-refractivity contribution is 0.660. The third-order valence-electron chi connectivity index (χ3n) is 10.4. The fourth-order valence-corrected chi connectivity index (χ4v) is 7.87. The van der Waals surface area contributed by atoms with E-state index in [1.807, 2.05) is 36.4 Å². The predicted octanol–water partition coefficient (Wildman–Crippen LogP) is 11.6. The molecule has 0 aliphatic heterocycles. The van der Waals surface area contributed by atoms with E-state index < -0.39 is 0 Å². The van der Waals surface area contributed by atoms with Crippen LogP contribution in [0, 0.1) is 0 Å². The molecular formula is C47H37N3. The molecule has 0 spiro atoms. The summed E-state index contributed by atoms with van der Waals surface area (Å²) in [5.41, 5.74) is 16.3. The maximum atomic E-state index is 5.03. The van der Waals surface area contributed by atoms with Gasteiger partial charge in [0, 0.05) is 22.1 Å². The van der Waals surface area contributed by atoms with E-state index in [0.717, 1.165) is 41.5 Å². The van der Waals surface area contributed by atoms with Gasteiger partial charge in [-0.05, 0) is 93.1 Å². The molecule has 0 saturated heterocycles. The van der Waals surface area contributed by atoms with Crippen LogP contribution in [0.1, 0.15) is 60.3 Å². The van der Waals surface area contributed by atoms with E-state index in [2.05, 4.69) is 129 Å². The van der Waals surface area contributed by atoms with E-state index in [9.17, 15) is 0 Å². The van der Waals surface area contributed by atoms with Crippen molar-refractivity contribution >= 4 is 17.2 Å². The van der Waals surface area contributed by atoms with Gasteiger partial charge in [-0.2, -0.15) is 0 Å². The number of hydrogen-bond acceptors (Lipinski definition) is 3. The molecule has 3 aliphatic rings. The molecule has 0 fully saturated rings. The van der Waals surface area contributed by atoms with Crippen LogP contribution in [0.25, 0.3) is 62.3 Å². The molecule has 0 radical (unpaired) electrons. The Morgan fingerprint density at radius 3 is 1.96 bits per heavy atom. The van der Waals surface area contributed by atoms with E-state index in [0.29, 0.717) is 17.5 Å². The van der Waals surface area contributed by atoms with Crippen molar-refractivity contribution in [3.63, 3.8) is 0 Å². The Labute approximate surface area is 294 Å². The zero-order chi connectivity index (χ0) is 33.7. The number of fused-ring (bicyclic) bond motifs is 5. The minimum atomic E-state index is -0.0531. The molecular weight excluding hydrogens is 607 g/mol. The summed E-state index contributed by atoms with van der Waals surface area (Å²) >= 11 is 0. The van der Waals surface area contributed by atoms with Gasteiger partial charge >= 0.3 is 0 Å². The van der Waals surface area contributed by atoms with E-state index in [-0.39, 0.29) is 5.41 Å². The molecule has 240 valence electrons. The molecule has 0 bridgehead atoms. The Bertz CT molecular complexity index is 2350. The van der Waals surface area contributed by atoms with Crippen LogP contribution in [0.5, 0.6) is 0 Å². The Morgan fingerprint density at radius 1 is 0.540 bits per heavy atom. The van der Waals surface area contributed by atoms with Crippen molar-refractivity contribution in [3.05, 3.63) is 179 Å². The van der Waals surface area contributed by atoms with E-state index in [1.165, 1.54) is 50.1 Å². The summed E-state index contributed by atoms with van der Waals surface area (Å²) in [4.78, 5) is 15.0. The standard InChI is InChI=1S/C47H37N3/c1-47(2)41-27-14-13-26-39(41)43-38-25-12-11-24-37(38)40(30-42(43)47)35-23-15-22-34(28-35)33-20-9-10-21-36(29-33)46-49-44(31-16-5-3-6-17-31)48-45(50-46)32-18-7-4-8-19-32/h3-9,11,13-24,26-30H,10,12,25H2,1-2H3. The van der Waals surface area contributed by atoms with Gasteiger partial charge in [-0.3, -0.25) is 0 Å². The van der Waals surface area contributed by atoms with E-state index in [1.54, 1.807) is 0 Å². The monoisotopic (exact) mass is 643 g/mol. The SMILES string of the molecule is CC1(C)c2ccccc2-c2c1cc(-c1cccc(C3=CC(c4nc(-c5ccccc5)nc(-c5ccccc5)n4)=CCC=C3)c1)c1c2CCC=C1. The van der Waals surface area contributed by atoms with E-state index >= 15 is 0 Å². The number of rotatable bonds is 5. The first-order valence-electron chi connectivity index (χ1n) is 17.6. The number of benzene rings is 5. The highest BCUT2D eigenvalue weighted by Gasteiger charge is 2.38. The fourth-order valence-electron chi connectivity index (χ4n) is 7.87. The van der Waals surface area contributed by atoms with Gasteiger partial charge in [0.1, 0.15) is 0 Å². The normalized spacial score (nSPS) is 15.4. The molecule has 0 atom stereocenters. The Morgan fingerprint density at radius 2 is 1.20 bits per heavy atom. The summed E-state index contributed by atoms with van der Waals surface area (Å²) in [6.07, 6.45) is 16.5. The lowest BCUT2D eigenvalue weighted by atomic mass is 9.78. The van der Waals surface area contributed by atoms with Gasteiger partial charge in [0.2, 0.25) is 0 Å². The first kappa shape index (κ1) is 30.2. The van der Waals surface area contributed by atoms with Gasteiger partial charge < -0.3 is 0 Å². The summed E-state index contributed by atoms with van der Waals surface area (Å²) in [5.74, 6) is 2.02. The molecule has 50 heavy (non-hydrogen) atoms. The van der Waals surface area contributed by atoms with Gasteiger partial charge in [0.25, 0.3) is 0 Å². The van der Waals surface area contributed by atoms with Gasteiger partial charge in [-0.15, -0.1) is 0 Å². The lowest BCUT2D eigenvalue weighted by Gasteiger charge is -2.25. The second-order valence-corrected chi connectivity index (χ2v) is 13.9. The van der Waals surface area contributed by atoms with Crippen molar-refractivity contribution in [2.75, 3.05) is 0 Å². The van der Waals surface area contributed by atoms with Crippen LogP contribution in [0.3, 0.4) is 0 Å². The number of nitrogens with zero attached hydrogens (tertiary/aromatic N) is 3. The summed E-state index contributed by atoms with van der Waals surface area (Å²) in [5, 5.41) is 0. The van der Waals surface area contributed by atoms with Crippen LogP contribution in [0.4, 0.5) is 0 Å². The summed E-state index contributed by atoms with van der Waals surface area (Å²) in [6, 6.07) is 40.8. The zero-order valence-corrected chi connectivity index (χ0v) is 28.4. The first-order valence-corrected chi connectivity index (χ1v) is 17.6. The van der Waals surface area contributed by atoms with Crippen molar-refractivity contribution in [2.45, 2.75) is 38.5 Å². The summed E-state index contributed by atoms with van der Waals surface area (Å²) < 4.78 is 0. The van der Waals surface area contributed by atoms with Crippen LogP contribution >= 0.6 is 0 Å². The Kier molecular flexibility index (Phi) is 7.35. The minimum Gasteiger partial charge on any atom is -0.208 e. The molecule has 3 heteroatoms. The molecule has 3 nitrogen and oxygen atoms in total. The highest BCUT2D eigenvalue weighted by atomic mass is 15.0. The first-order chi connectivity index (χ1) is 24.5. The smallest absolute Gasteiger partial charge is 0.164 e. The average molecular weight is 644 g/mol. The molecule has 9 rings (SSSR count). The van der Waals surface area contributed by atoms with Gasteiger partial charge in [-0.1, -0.05) is 147 Å². The molecule has 0 unspecified atom stereocenters. The quantitative estimate of drug-likeness (QED) is 0.188. The van der Waals surface area contributed by atoms with Gasteiger partial charge in [0.15, 0.2) is 17.5 Å². The van der Waals surface area contributed by atoms with Crippen molar-refractivity contribution in [1.82, 2.24) is 15.0 Å². The lowest BCUT2D eigenvalue weighted by Crippen LogP contribution is -2.15. The van der Waals surface area contributed by atoms with Gasteiger partial charge in [-0.25, -0.2) is 15.0 Å². The van der Waals surface area contributed by atoms with Gasteiger partial charge in [0.05, 0.1) is 0 Å². The third-order valence-corrected chi connectivity index (χ3v) is 10.4. The largest absolute Gasteiger partial charge is 0.208 e. The fraction of sp³-hybridized carbons (Fsp3) is 0.128. The zero-order valence-electron chi connectivity index (χ0n) is 28.4. The number of allylic oxidation sites excluding steroid dienone is 7. The maximum Gasteiger partial charge on any atom is 0.164 e. The van der Waals surface area contributed by atoms with Crippen LogP contribution in [-0.2, 0) is 11.8 Å². The molecule has 0 saturated carbocycles. The predicted molar refractivity (Wildman–Crippen MR) is 207 cm³/mol. The van der Waals surface area contributed by atoms with Crippen LogP contribution in [-0.4, -0.2) is 15.0 Å². The molecule has 0 N–H and O–H groups in total. The van der Waals surface area contributed by atoms with E-state index in [4.69, 9.17) is 15.0 Å². The third kappa shape index (κ3) is 5.18. The van der Waals surface area contributed by atoms with Crippen LogP contribution in [0.2, 0.25) is 0 Å². The van der Waals surface area contributed by atoms with Crippen molar-refractivity contribution < 1.29 is 0 Å². The van der Waals surface area contributed by atoms with Crippen molar-refractivity contribution in [1.29, 1.82) is 0 Å². The second kappa shape index (κ2) is 12.2. The summed E-state index contributed by atoms with van der Waals surface area (Å²) in [7, 11) is 0. The molecule has 1 heterocycles. The highest BCUT2D eigenvalue weighted by Crippen LogP contribution is 2.53.